The minimum Gasteiger partial charge on any atom is -0.550 e. The summed E-state index contributed by atoms with van der Waals surface area (Å²) in [4.78, 5) is 23.5. The Morgan fingerprint density at radius 3 is 1.46 bits per heavy atom. The quantitative estimate of drug-likeness (QED) is 0.511. The Hall–Kier alpha value is -0.621. The predicted molar refractivity (Wildman–Crippen MR) is 91.4 cm³/mol. The summed E-state index contributed by atoms with van der Waals surface area (Å²) in [6, 6.07) is 1.92. The second-order valence-electron chi connectivity index (χ2n) is 7.86. The normalized spacial score (nSPS) is 32.8. The zero-order chi connectivity index (χ0) is 18.4. The molecule has 153 valence electrons. The molecule has 4 atom stereocenters. The van der Waals surface area contributed by atoms with Gasteiger partial charge in [0.05, 0.1) is 0 Å². The summed E-state index contributed by atoms with van der Waals surface area (Å²) in [5.74, 6) is -0.133. The number of piperidine rings is 4. The number of carboxylic acids is 2. The van der Waals surface area contributed by atoms with Gasteiger partial charge < -0.3 is 19.8 Å². The fourth-order valence-electron chi connectivity index (χ4n) is 5.25. The van der Waals surface area contributed by atoms with Gasteiger partial charge in [0.25, 0.3) is 0 Å². The first-order valence-electron chi connectivity index (χ1n) is 9.71. The fourth-order valence-corrected chi connectivity index (χ4v) is 5.25. The summed E-state index contributed by atoms with van der Waals surface area (Å²) in [7, 11) is 0. The molecule has 0 amide bonds. The maximum Gasteiger partial charge on any atom is 2.00 e. The van der Waals surface area contributed by atoms with Crippen molar-refractivity contribution in [2.24, 2.45) is 11.8 Å². The van der Waals surface area contributed by atoms with E-state index in [0.29, 0.717) is 0 Å². The van der Waals surface area contributed by atoms with E-state index < -0.39 is 11.9 Å². The molecular formula is C19H32CuN2O4. The number of fused-ring (bicyclic) bond motifs is 6. The van der Waals surface area contributed by atoms with E-state index in [0.717, 1.165) is 37.8 Å². The third kappa shape index (κ3) is 6.84. The fraction of sp³-hybridized carbons (Fsp3) is 0.895. The average molecular weight is 416 g/mol. The molecule has 0 aliphatic carbocycles. The number of rotatable bonds is 0. The summed E-state index contributed by atoms with van der Waals surface area (Å²) in [6.45, 7) is 7.62. The van der Waals surface area contributed by atoms with Crippen molar-refractivity contribution >= 4 is 11.9 Å². The molecule has 4 heterocycles. The number of carboxylic acid groups (broad SMARTS) is 2. The van der Waals surface area contributed by atoms with Crippen LogP contribution < -0.4 is 10.2 Å². The van der Waals surface area contributed by atoms with E-state index in [1.54, 1.807) is 6.42 Å². The Kier molecular flexibility index (Phi) is 10.2. The predicted octanol–water partition coefficient (Wildman–Crippen LogP) is -0.145. The molecule has 2 bridgehead atoms. The molecule has 0 aromatic rings. The largest absolute Gasteiger partial charge is 2.00 e. The van der Waals surface area contributed by atoms with Crippen molar-refractivity contribution in [2.45, 2.75) is 70.9 Å². The Morgan fingerprint density at radius 2 is 1.12 bits per heavy atom. The van der Waals surface area contributed by atoms with Gasteiger partial charge in [-0.2, -0.15) is 0 Å². The molecule has 7 heteroatoms. The van der Waals surface area contributed by atoms with Crippen LogP contribution in [0.1, 0.15) is 58.8 Å². The van der Waals surface area contributed by atoms with Crippen molar-refractivity contribution in [3.63, 3.8) is 0 Å². The first-order chi connectivity index (χ1) is 11.9. The molecular weight excluding hydrogens is 384 g/mol. The van der Waals surface area contributed by atoms with Crippen LogP contribution in [0.4, 0.5) is 0 Å². The van der Waals surface area contributed by atoms with E-state index in [1.165, 1.54) is 64.7 Å². The molecule has 0 spiro atoms. The van der Waals surface area contributed by atoms with Gasteiger partial charge >= 0.3 is 17.1 Å². The Balaban J connectivity index is 0.000000324. The summed E-state index contributed by atoms with van der Waals surface area (Å²) < 4.78 is 0. The van der Waals surface area contributed by atoms with Gasteiger partial charge in [0.2, 0.25) is 0 Å². The molecule has 1 radical (unpaired) electrons. The second kappa shape index (κ2) is 11.3. The van der Waals surface area contributed by atoms with Gasteiger partial charge in [0.1, 0.15) is 0 Å². The zero-order valence-corrected chi connectivity index (χ0v) is 16.9. The minimum absolute atomic E-state index is 0. The molecule has 0 aromatic heterocycles. The van der Waals surface area contributed by atoms with Gasteiger partial charge in [0, 0.05) is 37.1 Å². The second-order valence-corrected chi connectivity index (χ2v) is 7.86. The van der Waals surface area contributed by atoms with E-state index in [2.05, 4.69) is 9.80 Å². The number of nitrogens with zero attached hydrogens (tertiary/aromatic N) is 2. The number of carbonyl (C=O) groups excluding carboxylic acids is 2. The maximum atomic E-state index is 8.89. The molecule has 4 aliphatic heterocycles. The Morgan fingerprint density at radius 1 is 0.769 bits per heavy atom. The number of aliphatic carboxylic acids is 2. The van der Waals surface area contributed by atoms with Crippen LogP contribution >= 0.6 is 0 Å². The molecule has 4 rings (SSSR count). The standard InChI is InChI=1S/C15H26N2.2C2H4O2.Cu/c1-3-7-16-11-13-9-12(14(16)5-1)10-17-8-4-2-6-15(13)17;2*1-2(3)4;/h12-15H,1-11H2;2*1H3,(H,3,4);/q;;;+2/p-2/t12-,13-,14-,15+;;;/m0.../s1. The Labute approximate surface area is 167 Å². The van der Waals surface area contributed by atoms with Crippen molar-refractivity contribution in [2.75, 3.05) is 26.2 Å². The average Bonchev–Trinajstić information content (AvgIpc) is 2.54. The van der Waals surface area contributed by atoms with Gasteiger partial charge in [-0.15, -0.1) is 0 Å². The van der Waals surface area contributed by atoms with E-state index in [-0.39, 0.29) is 17.1 Å². The van der Waals surface area contributed by atoms with E-state index in [1.807, 2.05) is 0 Å². The van der Waals surface area contributed by atoms with Crippen LogP contribution in [0.5, 0.6) is 0 Å². The smallest absolute Gasteiger partial charge is 0.550 e. The van der Waals surface area contributed by atoms with Crippen LogP contribution in [0.2, 0.25) is 0 Å². The first kappa shape index (κ1) is 23.4. The molecule has 0 aromatic carbocycles. The van der Waals surface area contributed by atoms with Crippen LogP contribution in [0.3, 0.4) is 0 Å². The van der Waals surface area contributed by atoms with Crippen LogP contribution in [-0.2, 0) is 26.7 Å². The van der Waals surface area contributed by atoms with Crippen LogP contribution in [0.25, 0.3) is 0 Å². The molecule has 0 unspecified atom stereocenters. The summed E-state index contributed by atoms with van der Waals surface area (Å²) >= 11 is 0. The zero-order valence-electron chi connectivity index (χ0n) is 15.9. The molecule has 26 heavy (non-hydrogen) atoms. The third-order valence-corrected chi connectivity index (χ3v) is 5.96. The molecule has 6 nitrogen and oxygen atoms in total. The van der Waals surface area contributed by atoms with E-state index >= 15 is 0 Å². The maximum absolute atomic E-state index is 8.89. The van der Waals surface area contributed by atoms with Gasteiger partial charge in [-0.05, 0) is 70.9 Å². The van der Waals surface area contributed by atoms with Crippen molar-refractivity contribution in [3.8, 4) is 0 Å². The topological polar surface area (TPSA) is 86.7 Å². The SMILES string of the molecule is C1CCN2C[C@@H]3C[C@@H](CN4CCCC[C@@H]34)[C@H]2C1.CC(=O)[O-].CC(=O)[O-].[Cu+2]. The van der Waals surface area contributed by atoms with Crippen molar-refractivity contribution in [1.29, 1.82) is 0 Å². The summed E-state index contributed by atoms with van der Waals surface area (Å²) in [5, 5.41) is 17.8. The summed E-state index contributed by atoms with van der Waals surface area (Å²) in [5.41, 5.74) is 0. The minimum atomic E-state index is -1.08. The van der Waals surface area contributed by atoms with Crippen LogP contribution in [-0.4, -0.2) is 60.0 Å². The molecule has 4 aliphatic rings. The number of carbonyl (C=O) groups is 2. The van der Waals surface area contributed by atoms with Crippen LogP contribution in [0.15, 0.2) is 0 Å². The van der Waals surface area contributed by atoms with Crippen molar-refractivity contribution < 1.29 is 36.9 Å². The van der Waals surface area contributed by atoms with E-state index in [4.69, 9.17) is 19.8 Å². The van der Waals surface area contributed by atoms with Gasteiger partial charge in [-0.1, -0.05) is 12.8 Å². The molecule has 0 saturated carbocycles. The first-order valence-corrected chi connectivity index (χ1v) is 9.71. The van der Waals surface area contributed by atoms with Gasteiger partial charge in [-0.25, -0.2) is 0 Å². The molecule has 0 N–H and O–H groups in total. The molecule has 4 fully saturated rings. The van der Waals surface area contributed by atoms with Crippen molar-refractivity contribution in [3.05, 3.63) is 0 Å². The van der Waals surface area contributed by atoms with Crippen LogP contribution in [0, 0.1) is 11.8 Å². The van der Waals surface area contributed by atoms with Gasteiger partial charge in [0.15, 0.2) is 0 Å². The summed E-state index contributed by atoms with van der Waals surface area (Å²) in [6.07, 6.45) is 10.5. The number of hydrogen-bond acceptors (Lipinski definition) is 6. The third-order valence-electron chi connectivity index (χ3n) is 5.96. The monoisotopic (exact) mass is 415 g/mol. The number of hydrogen-bond donors (Lipinski definition) is 0. The molecule has 4 saturated heterocycles. The van der Waals surface area contributed by atoms with Crippen molar-refractivity contribution in [1.82, 2.24) is 9.80 Å². The Bertz CT molecular complexity index is 415. The van der Waals surface area contributed by atoms with E-state index in [9.17, 15) is 0 Å². The van der Waals surface area contributed by atoms with Gasteiger partial charge in [-0.3, -0.25) is 9.80 Å².